The van der Waals surface area contributed by atoms with Crippen molar-refractivity contribution < 1.29 is 0 Å². The largest absolute Gasteiger partial charge is 0.321 e. The number of rotatable bonds is 7. The Kier molecular flexibility index (Phi) is 9.36. The normalized spacial score (nSPS) is 14.7. The second-order valence-corrected chi connectivity index (χ2v) is 9.24. The van der Waals surface area contributed by atoms with Crippen molar-refractivity contribution in [3.05, 3.63) is 87.5 Å². The fraction of sp³-hybridized carbons (Fsp3) is 0.438. The highest BCUT2D eigenvalue weighted by atomic mass is 15.4. The van der Waals surface area contributed by atoms with E-state index in [4.69, 9.17) is 0 Å². The van der Waals surface area contributed by atoms with Gasteiger partial charge in [0.2, 0.25) is 0 Å². The molecule has 0 bridgehead atoms. The summed E-state index contributed by atoms with van der Waals surface area (Å²) in [5.41, 5.74) is 21.3. The van der Waals surface area contributed by atoms with Crippen molar-refractivity contribution in [3.8, 4) is 11.1 Å². The highest BCUT2D eigenvalue weighted by Crippen LogP contribution is 2.38. The summed E-state index contributed by atoms with van der Waals surface area (Å²) in [6, 6.07) is 18.8. The zero-order chi connectivity index (χ0) is 24.7. The van der Waals surface area contributed by atoms with Crippen molar-refractivity contribution in [1.29, 1.82) is 0 Å². The highest BCUT2D eigenvalue weighted by molar-refractivity contribution is 5.73. The van der Waals surface area contributed by atoms with Crippen LogP contribution in [0.3, 0.4) is 0 Å². The Bertz CT molecular complexity index is 1070. The van der Waals surface area contributed by atoms with Crippen molar-refractivity contribution in [2.24, 2.45) is 0 Å². The third-order valence-corrected chi connectivity index (χ3v) is 7.14. The maximum Gasteiger partial charge on any atom is 0.0519 e. The number of hydrogen-bond acceptors (Lipinski definition) is 2. The molecule has 0 amide bonds. The molecule has 34 heavy (non-hydrogen) atoms. The first-order chi connectivity index (χ1) is 16.5. The minimum Gasteiger partial charge on any atom is -0.321 e. The van der Waals surface area contributed by atoms with E-state index >= 15 is 0 Å². The van der Waals surface area contributed by atoms with Gasteiger partial charge in [-0.1, -0.05) is 77.1 Å². The summed E-state index contributed by atoms with van der Waals surface area (Å²) in [5, 5.41) is 0. The Labute approximate surface area is 208 Å². The molecule has 1 unspecified atom stereocenters. The van der Waals surface area contributed by atoms with Gasteiger partial charge in [0.05, 0.1) is 11.7 Å². The third-order valence-electron chi connectivity index (χ3n) is 7.14. The predicted molar refractivity (Wildman–Crippen MR) is 150 cm³/mol. The molecule has 1 atom stereocenters. The van der Waals surface area contributed by atoms with Crippen LogP contribution in [0.1, 0.15) is 92.4 Å². The van der Waals surface area contributed by atoms with Gasteiger partial charge in [0.15, 0.2) is 0 Å². The molecule has 4 rings (SSSR count). The van der Waals surface area contributed by atoms with Gasteiger partial charge in [-0.25, -0.2) is 5.43 Å². The van der Waals surface area contributed by atoms with Crippen LogP contribution in [0.25, 0.3) is 11.1 Å². The zero-order valence-corrected chi connectivity index (χ0v) is 22.4. The summed E-state index contributed by atoms with van der Waals surface area (Å²) in [6.45, 7) is 15.2. The van der Waals surface area contributed by atoms with Gasteiger partial charge < -0.3 is 5.43 Å². The minimum absolute atomic E-state index is 0.338. The van der Waals surface area contributed by atoms with Crippen molar-refractivity contribution in [3.63, 3.8) is 0 Å². The Morgan fingerprint density at radius 2 is 1.53 bits per heavy atom. The monoisotopic (exact) mass is 456 g/mol. The van der Waals surface area contributed by atoms with Gasteiger partial charge in [-0.15, -0.1) is 0 Å². The number of hydrogen-bond donors (Lipinski definition) is 2. The summed E-state index contributed by atoms with van der Waals surface area (Å²) in [6.07, 6.45) is 6.76. The van der Waals surface area contributed by atoms with Gasteiger partial charge >= 0.3 is 0 Å². The molecule has 1 aliphatic carbocycles. The smallest absolute Gasteiger partial charge is 0.0519 e. The molecule has 3 aromatic rings. The lowest BCUT2D eigenvalue weighted by atomic mass is 9.81. The van der Waals surface area contributed by atoms with E-state index in [1.54, 1.807) is 0 Å². The van der Waals surface area contributed by atoms with Gasteiger partial charge in [0, 0.05) is 0 Å². The molecule has 0 radical (unpaired) electrons. The van der Waals surface area contributed by atoms with Crippen LogP contribution in [0.2, 0.25) is 0 Å². The molecule has 182 valence electrons. The van der Waals surface area contributed by atoms with Gasteiger partial charge in [0.25, 0.3) is 0 Å². The average Bonchev–Trinajstić information content (AvgIpc) is 2.88. The van der Waals surface area contributed by atoms with Crippen LogP contribution in [-0.2, 0) is 25.7 Å². The predicted octanol–water partition coefficient (Wildman–Crippen LogP) is 8.68. The molecule has 0 saturated heterocycles. The van der Waals surface area contributed by atoms with E-state index in [9.17, 15) is 0 Å². The van der Waals surface area contributed by atoms with E-state index in [0.717, 1.165) is 19.3 Å². The minimum atomic E-state index is 0.338. The van der Waals surface area contributed by atoms with E-state index in [2.05, 4.69) is 94.0 Å². The Morgan fingerprint density at radius 1 is 0.824 bits per heavy atom. The van der Waals surface area contributed by atoms with E-state index in [1.807, 2.05) is 13.8 Å². The second kappa shape index (κ2) is 12.2. The molecule has 0 saturated carbocycles. The van der Waals surface area contributed by atoms with Gasteiger partial charge in [-0.3, -0.25) is 0 Å². The van der Waals surface area contributed by atoms with Crippen molar-refractivity contribution in [2.45, 2.75) is 93.0 Å². The molecular formula is C32H44N2. The SMILES string of the molecule is CC.CCc1ccc(C)c(NNC2CCCc3cc(-c4c(CC)cccc4CC)cc(C)c32)c1. The molecule has 2 N–H and O–H groups in total. The second-order valence-electron chi connectivity index (χ2n) is 9.24. The lowest BCUT2D eigenvalue weighted by Crippen LogP contribution is -2.31. The van der Waals surface area contributed by atoms with Crippen LogP contribution in [0, 0.1) is 13.8 Å². The molecule has 3 aromatic carbocycles. The first-order valence-corrected chi connectivity index (χ1v) is 13.4. The van der Waals surface area contributed by atoms with Crippen molar-refractivity contribution in [2.75, 3.05) is 5.43 Å². The summed E-state index contributed by atoms with van der Waals surface area (Å²) < 4.78 is 0. The van der Waals surface area contributed by atoms with Gasteiger partial charge in [-0.2, -0.15) is 0 Å². The Balaban J connectivity index is 0.00000158. The molecule has 2 heteroatoms. The molecule has 0 spiro atoms. The number of aryl methyl sites for hydroxylation is 6. The van der Waals surface area contributed by atoms with Crippen LogP contribution < -0.4 is 10.9 Å². The van der Waals surface area contributed by atoms with Crippen LogP contribution in [0.4, 0.5) is 5.69 Å². The van der Waals surface area contributed by atoms with Crippen LogP contribution in [0.15, 0.2) is 48.5 Å². The van der Waals surface area contributed by atoms with Crippen LogP contribution >= 0.6 is 0 Å². The molecule has 0 fully saturated rings. The van der Waals surface area contributed by atoms with E-state index < -0.39 is 0 Å². The van der Waals surface area contributed by atoms with E-state index in [1.165, 1.54) is 75.0 Å². The van der Waals surface area contributed by atoms with Crippen LogP contribution in [-0.4, -0.2) is 0 Å². The standard InChI is InChI=1S/C30H38N2.C2H6/c1-6-22-16-15-20(4)28(18-22)32-31-27-14-10-13-25-19-26(17-21(5)29(25)27)30-23(7-2)11-9-12-24(30)8-3;1-2/h9,11-12,15-19,27,31-32H,6-8,10,13-14H2,1-5H3;1-2H3. The van der Waals surface area contributed by atoms with E-state index in [-0.39, 0.29) is 0 Å². The summed E-state index contributed by atoms with van der Waals surface area (Å²) >= 11 is 0. The lowest BCUT2D eigenvalue weighted by molar-refractivity contribution is 0.491. The average molecular weight is 457 g/mol. The summed E-state index contributed by atoms with van der Waals surface area (Å²) in [7, 11) is 0. The fourth-order valence-electron chi connectivity index (χ4n) is 5.31. The molecule has 0 heterocycles. The highest BCUT2D eigenvalue weighted by Gasteiger charge is 2.24. The first kappa shape index (κ1) is 26.0. The number of anilines is 1. The zero-order valence-electron chi connectivity index (χ0n) is 22.4. The number of benzene rings is 3. The quantitative estimate of drug-likeness (QED) is 0.347. The molecule has 2 nitrogen and oxygen atoms in total. The third kappa shape index (κ3) is 5.55. The Morgan fingerprint density at radius 3 is 2.18 bits per heavy atom. The summed E-state index contributed by atoms with van der Waals surface area (Å²) in [5.74, 6) is 0. The van der Waals surface area contributed by atoms with Gasteiger partial charge in [-0.05, 0) is 109 Å². The molecular weight excluding hydrogens is 412 g/mol. The Hall–Kier alpha value is -2.58. The molecule has 0 aliphatic heterocycles. The van der Waals surface area contributed by atoms with Crippen molar-refractivity contribution >= 4 is 5.69 Å². The number of hydrazine groups is 1. The lowest BCUT2D eigenvalue weighted by Gasteiger charge is -2.30. The fourth-order valence-corrected chi connectivity index (χ4v) is 5.31. The van der Waals surface area contributed by atoms with E-state index in [0.29, 0.717) is 6.04 Å². The topological polar surface area (TPSA) is 24.1 Å². The number of fused-ring (bicyclic) bond motifs is 1. The maximum absolute atomic E-state index is 3.68. The summed E-state index contributed by atoms with van der Waals surface area (Å²) in [4.78, 5) is 0. The maximum atomic E-state index is 3.68. The van der Waals surface area contributed by atoms with Crippen molar-refractivity contribution in [1.82, 2.24) is 5.43 Å². The molecule has 0 aromatic heterocycles. The molecule has 1 aliphatic rings. The van der Waals surface area contributed by atoms with Gasteiger partial charge in [0.1, 0.15) is 0 Å². The van der Waals surface area contributed by atoms with Crippen LogP contribution in [0.5, 0.6) is 0 Å². The number of nitrogens with one attached hydrogen (secondary N) is 2. The first-order valence-electron chi connectivity index (χ1n) is 13.4.